The van der Waals surface area contributed by atoms with Crippen molar-refractivity contribution in [2.75, 3.05) is 25.5 Å². The zero-order valence-electron chi connectivity index (χ0n) is 15.5. The van der Waals surface area contributed by atoms with E-state index in [1.807, 2.05) is 54.6 Å². The van der Waals surface area contributed by atoms with E-state index in [9.17, 15) is 9.59 Å². The van der Waals surface area contributed by atoms with E-state index in [0.717, 1.165) is 29.8 Å². The molecule has 27 heavy (non-hydrogen) atoms. The van der Waals surface area contributed by atoms with Crippen LogP contribution >= 0.6 is 0 Å². The Hall–Kier alpha value is -3.02. The third-order valence-electron chi connectivity index (χ3n) is 4.73. The van der Waals surface area contributed by atoms with Gasteiger partial charge in [-0.05, 0) is 42.7 Å². The summed E-state index contributed by atoms with van der Waals surface area (Å²) in [5.41, 5.74) is 1.77. The molecule has 1 atom stereocenters. The third-order valence-corrected chi connectivity index (χ3v) is 4.73. The Kier molecular flexibility index (Phi) is 6.30. The van der Waals surface area contributed by atoms with E-state index in [1.54, 1.807) is 12.0 Å². The summed E-state index contributed by atoms with van der Waals surface area (Å²) in [5, 5.41) is 5.86. The fourth-order valence-corrected chi connectivity index (χ4v) is 3.18. The van der Waals surface area contributed by atoms with Crippen LogP contribution in [0.3, 0.4) is 0 Å². The van der Waals surface area contributed by atoms with Crippen molar-refractivity contribution in [1.29, 1.82) is 0 Å². The maximum Gasteiger partial charge on any atom is 0.321 e. The van der Waals surface area contributed by atoms with Crippen LogP contribution in [0.1, 0.15) is 18.4 Å². The molecule has 1 aliphatic heterocycles. The molecular formula is C21H25N3O3. The summed E-state index contributed by atoms with van der Waals surface area (Å²) in [6, 6.07) is 16.8. The Balaban J connectivity index is 1.50. The molecule has 0 radical (unpaired) electrons. The van der Waals surface area contributed by atoms with Gasteiger partial charge in [0.1, 0.15) is 5.75 Å². The first-order valence-corrected chi connectivity index (χ1v) is 9.17. The number of piperidine rings is 1. The zero-order valence-corrected chi connectivity index (χ0v) is 15.5. The van der Waals surface area contributed by atoms with Gasteiger partial charge in [0, 0.05) is 25.3 Å². The lowest BCUT2D eigenvalue weighted by molar-refractivity contribution is -0.126. The van der Waals surface area contributed by atoms with Gasteiger partial charge in [-0.25, -0.2) is 4.79 Å². The number of rotatable bonds is 5. The van der Waals surface area contributed by atoms with Gasteiger partial charge in [-0.3, -0.25) is 4.79 Å². The maximum atomic E-state index is 12.5. The molecule has 6 nitrogen and oxygen atoms in total. The van der Waals surface area contributed by atoms with Crippen LogP contribution in [-0.4, -0.2) is 37.0 Å². The number of nitrogens with zero attached hydrogens (tertiary/aromatic N) is 1. The number of ether oxygens (including phenoxy) is 1. The molecule has 2 N–H and O–H groups in total. The lowest BCUT2D eigenvalue weighted by atomic mass is 9.97. The van der Waals surface area contributed by atoms with Crippen molar-refractivity contribution >= 4 is 17.6 Å². The average molecular weight is 367 g/mol. The van der Waals surface area contributed by atoms with Crippen molar-refractivity contribution in [2.24, 2.45) is 5.92 Å². The molecule has 3 amide bonds. The second kappa shape index (κ2) is 9.07. The number of amides is 3. The highest BCUT2D eigenvalue weighted by molar-refractivity contribution is 5.90. The summed E-state index contributed by atoms with van der Waals surface area (Å²) in [6.45, 7) is 1.57. The molecule has 0 aliphatic carbocycles. The van der Waals surface area contributed by atoms with Gasteiger partial charge in [0.05, 0.1) is 13.0 Å². The van der Waals surface area contributed by atoms with Gasteiger partial charge in [0.2, 0.25) is 5.91 Å². The molecule has 0 aromatic heterocycles. The summed E-state index contributed by atoms with van der Waals surface area (Å²) in [7, 11) is 1.62. The average Bonchev–Trinajstić information content (AvgIpc) is 2.73. The summed E-state index contributed by atoms with van der Waals surface area (Å²) < 4.78 is 5.14. The lowest BCUT2D eigenvalue weighted by Crippen LogP contribution is -2.46. The molecule has 1 aliphatic rings. The number of carbonyl (C=O) groups excluding carboxylic acids is 2. The molecule has 6 heteroatoms. The standard InChI is InChI=1S/C21H25N3O3/c1-27-19-11-9-16(10-12-19)14-22-20(25)17-6-5-13-24(15-17)21(26)23-18-7-3-2-4-8-18/h2-4,7-12,17H,5-6,13-15H2,1H3,(H,22,25)(H,23,26)/t17-/m0/s1. The number of methoxy groups -OCH3 is 1. The molecule has 0 spiro atoms. The van der Waals surface area contributed by atoms with Crippen molar-refractivity contribution in [1.82, 2.24) is 10.2 Å². The highest BCUT2D eigenvalue weighted by Crippen LogP contribution is 2.18. The van der Waals surface area contributed by atoms with Crippen molar-refractivity contribution < 1.29 is 14.3 Å². The number of benzene rings is 2. The first kappa shape index (κ1) is 18.8. The first-order valence-electron chi connectivity index (χ1n) is 9.17. The topological polar surface area (TPSA) is 70.7 Å². The fourth-order valence-electron chi connectivity index (χ4n) is 3.18. The molecule has 2 aromatic rings. The predicted octanol–water partition coefficient (Wildman–Crippen LogP) is 3.26. The largest absolute Gasteiger partial charge is 0.497 e. The van der Waals surface area contributed by atoms with Crippen LogP contribution in [-0.2, 0) is 11.3 Å². The van der Waals surface area contributed by atoms with Gasteiger partial charge in [0.15, 0.2) is 0 Å². The Morgan fingerprint density at radius 3 is 2.56 bits per heavy atom. The molecule has 3 rings (SSSR count). The van der Waals surface area contributed by atoms with Gasteiger partial charge in [-0.1, -0.05) is 30.3 Å². The number of urea groups is 1. The molecule has 0 saturated carbocycles. The number of carbonyl (C=O) groups is 2. The summed E-state index contributed by atoms with van der Waals surface area (Å²) in [6.07, 6.45) is 1.62. The number of hydrogen-bond acceptors (Lipinski definition) is 3. The SMILES string of the molecule is COc1ccc(CNC(=O)[C@H]2CCCN(C(=O)Nc3ccccc3)C2)cc1. The minimum Gasteiger partial charge on any atom is -0.497 e. The maximum absolute atomic E-state index is 12.5. The Morgan fingerprint density at radius 1 is 1.11 bits per heavy atom. The van der Waals surface area contributed by atoms with Gasteiger partial charge >= 0.3 is 6.03 Å². The molecule has 142 valence electrons. The fraction of sp³-hybridized carbons (Fsp3) is 0.333. The number of likely N-dealkylation sites (tertiary alicyclic amines) is 1. The predicted molar refractivity (Wildman–Crippen MR) is 105 cm³/mol. The smallest absolute Gasteiger partial charge is 0.321 e. The lowest BCUT2D eigenvalue weighted by Gasteiger charge is -2.32. The Labute approximate surface area is 159 Å². The van der Waals surface area contributed by atoms with Gasteiger partial charge in [-0.15, -0.1) is 0 Å². The van der Waals surface area contributed by atoms with Crippen LogP contribution < -0.4 is 15.4 Å². The summed E-state index contributed by atoms with van der Waals surface area (Å²) in [4.78, 5) is 26.7. The molecule has 1 fully saturated rings. The van der Waals surface area contributed by atoms with E-state index in [-0.39, 0.29) is 17.9 Å². The number of anilines is 1. The minimum absolute atomic E-state index is 0.0111. The molecule has 0 unspecified atom stereocenters. The Bertz CT molecular complexity index is 762. The van der Waals surface area contributed by atoms with Crippen molar-refractivity contribution in [3.63, 3.8) is 0 Å². The van der Waals surface area contributed by atoms with Crippen LogP contribution in [0.5, 0.6) is 5.75 Å². The van der Waals surface area contributed by atoms with E-state index in [4.69, 9.17) is 4.74 Å². The second-order valence-corrected chi connectivity index (χ2v) is 6.65. The van der Waals surface area contributed by atoms with E-state index >= 15 is 0 Å². The monoisotopic (exact) mass is 367 g/mol. The quantitative estimate of drug-likeness (QED) is 0.852. The van der Waals surface area contributed by atoms with Crippen molar-refractivity contribution in [3.05, 3.63) is 60.2 Å². The van der Waals surface area contributed by atoms with Crippen LogP contribution in [0.2, 0.25) is 0 Å². The number of hydrogen-bond donors (Lipinski definition) is 2. The molecular weight excluding hydrogens is 342 g/mol. The van der Waals surface area contributed by atoms with Crippen molar-refractivity contribution in [2.45, 2.75) is 19.4 Å². The summed E-state index contributed by atoms with van der Waals surface area (Å²) in [5.74, 6) is 0.596. The van der Waals surface area contributed by atoms with E-state index in [0.29, 0.717) is 19.6 Å². The van der Waals surface area contributed by atoms with Gasteiger partial charge in [0.25, 0.3) is 0 Å². The second-order valence-electron chi connectivity index (χ2n) is 6.65. The molecule has 2 aromatic carbocycles. The van der Waals surface area contributed by atoms with Crippen LogP contribution in [0, 0.1) is 5.92 Å². The normalized spacial score (nSPS) is 16.5. The molecule has 0 bridgehead atoms. The van der Waals surface area contributed by atoms with E-state index < -0.39 is 0 Å². The number of nitrogens with one attached hydrogen (secondary N) is 2. The minimum atomic E-state index is -0.182. The van der Waals surface area contributed by atoms with E-state index in [2.05, 4.69) is 10.6 Å². The van der Waals surface area contributed by atoms with Crippen LogP contribution in [0.4, 0.5) is 10.5 Å². The molecule has 1 saturated heterocycles. The van der Waals surface area contributed by atoms with Gasteiger partial charge in [-0.2, -0.15) is 0 Å². The summed E-state index contributed by atoms with van der Waals surface area (Å²) >= 11 is 0. The van der Waals surface area contributed by atoms with Crippen LogP contribution in [0.15, 0.2) is 54.6 Å². The van der Waals surface area contributed by atoms with Gasteiger partial charge < -0.3 is 20.3 Å². The highest BCUT2D eigenvalue weighted by atomic mass is 16.5. The van der Waals surface area contributed by atoms with Crippen LogP contribution in [0.25, 0.3) is 0 Å². The number of para-hydroxylation sites is 1. The Morgan fingerprint density at radius 2 is 1.85 bits per heavy atom. The van der Waals surface area contributed by atoms with Crippen molar-refractivity contribution in [3.8, 4) is 5.75 Å². The zero-order chi connectivity index (χ0) is 19.1. The third kappa shape index (κ3) is 5.23. The molecule has 1 heterocycles. The van der Waals surface area contributed by atoms with E-state index in [1.165, 1.54) is 0 Å². The first-order chi connectivity index (χ1) is 13.2. The highest BCUT2D eigenvalue weighted by Gasteiger charge is 2.28.